The lowest BCUT2D eigenvalue weighted by atomic mass is 9.94. The first-order valence-corrected chi connectivity index (χ1v) is 5.68. The minimum atomic E-state index is 0.298. The van der Waals surface area contributed by atoms with E-state index in [0.29, 0.717) is 12.0 Å². The number of hydrogen-bond acceptors (Lipinski definition) is 2. The molecule has 0 aromatic heterocycles. The third-order valence-electron chi connectivity index (χ3n) is 3.32. The molecule has 0 radical (unpaired) electrons. The number of fused-ring (bicyclic) bond motifs is 1. The van der Waals surface area contributed by atoms with Gasteiger partial charge in [-0.2, -0.15) is 0 Å². The van der Waals surface area contributed by atoms with E-state index < -0.39 is 0 Å². The molecule has 2 rings (SSSR count). The van der Waals surface area contributed by atoms with Crippen molar-refractivity contribution in [2.24, 2.45) is 5.73 Å². The molecule has 0 saturated heterocycles. The first-order chi connectivity index (χ1) is 7.26. The molecule has 2 unspecified atom stereocenters. The number of methoxy groups -OCH3 is 1. The molecular weight excluding hydrogens is 186 g/mol. The number of nitrogens with two attached hydrogens (primary N) is 1. The maximum atomic E-state index is 6.17. The molecule has 0 amide bonds. The molecule has 0 bridgehead atoms. The highest BCUT2D eigenvalue weighted by molar-refractivity contribution is 5.42. The van der Waals surface area contributed by atoms with E-state index in [0.717, 1.165) is 12.2 Å². The van der Waals surface area contributed by atoms with E-state index in [1.165, 1.54) is 24.0 Å². The summed E-state index contributed by atoms with van der Waals surface area (Å²) >= 11 is 0. The number of hydrogen-bond donors (Lipinski definition) is 1. The van der Waals surface area contributed by atoms with E-state index >= 15 is 0 Å². The molecule has 1 aliphatic rings. The molecule has 2 atom stereocenters. The lowest BCUT2D eigenvalue weighted by Gasteiger charge is -2.15. The highest BCUT2D eigenvalue weighted by atomic mass is 16.5. The lowest BCUT2D eigenvalue weighted by Crippen LogP contribution is -2.24. The topological polar surface area (TPSA) is 35.2 Å². The van der Waals surface area contributed by atoms with Gasteiger partial charge in [-0.1, -0.05) is 19.4 Å². The van der Waals surface area contributed by atoms with Gasteiger partial charge in [-0.3, -0.25) is 0 Å². The van der Waals surface area contributed by atoms with Gasteiger partial charge in [-0.05, 0) is 42.0 Å². The highest BCUT2D eigenvalue weighted by Gasteiger charge is 2.29. The molecule has 0 saturated carbocycles. The Hall–Kier alpha value is -1.02. The van der Waals surface area contributed by atoms with E-state index in [2.05, 4.69) is 19.1 Å². The minimum absolute atomic E-state index is 0.298. The number of rotatable bonds is 3. The summed E-state index contributed by atoms with van der Waals surface area (Å²) in [6.07, 6.45) is 3.39. The van der Waals surface area contributed by atoms with Crippen LogP contribution in [0.2, 0.25) is 0 Å². The van der Waals surface area contributed by atoms with Crippen LogP contribution in [0.3, 0.4) is 0 Å². The van der Waals surface area contributed by atoms with Crippen LogP contribution in [0, 0.1) is 0 Å². The smallest absolute Gasteiger partial charge is 0.119 e. The van der Waals surface area contributed by atoms with Crippen LogP contribution in [0.1, 0.15) is 36.8 Å². The molecule has 2 heteroatoms. The van der Waals surface area contributed by atoms with Gasteiger partial charge in [0.15, 0.2) is 0 Å². The van der Waals surface area contributed by atoms with Crippen LogP contribution < -0.4 is 10.5 Å². The lowest BCUT2D eigenvalue weighted by molar-refractivity contribution is 0.414. The summed E-state index contributed by atoms with van der Waals surface area (Å²) in [6.45, 7) is 2.22. The van der Waals surface area contributed by atoms with Crippen molar-refractivity contribution >= 4 is 0 Å². The molecule has 1 aliphatic carbocycles. The van der Waals surface area contributed by atoms with Crippen molar-refractivity contribution in [3.63, 3.8) is 0 Å². The van der Waals surface area contributed by atoms with E-state index in [1.807, 2.05) is 6.07 Å². The summed E-state index contributed by atoms with van der Waals surface area (Å²) in [5.74, 6) is 1.49. The van der Waals surface area contributed by atoms with Crippen molar-refractivity contribution < 1.29 is 4.74 Å². The van der Waals surface area contributed by atoms with Crippen LogP contribution >= 0.6 is 0 Å². The molecule has 2 nitrogen and oxygen atoms in total. The van der Waals surface area contributed by atoms with E-state index in [9.17, 15) is 0 Å². The molecular formula is C13H19NO. The van der Waals surface area contributed by atoms with Crippen LogP contribution in [0.15, 0.2) is 18.2 Å². The Morgan fingerprint density at radius 1 is 1.47 bits per heavy atom. The van der Waals surface area contributed by atoms with Gasteiger partial charge >= 0.3 is 0 Å². The van der Waals surface area contributed by atoms with Gasteiger partial charge in [-0.25, -0.2) is 0 Å². The van der Waals surface area contributed by atoms with Crippen LogP contribution in [-0.4, -0.2) is 13.2 Å². The van der Waals surface area contributed by atoms with Crippen molar-refractivity contribution in [3.8, 4) is 5.75 Å². The van der Waals surface area contributed by atoms with Gasteiger partial charge in [-0.15, -0.1) is 0 Å². The Balaban J connectivity index is 2.30. The van der Waals surface area contributed by atoms with Gasteiger partial charge in [0.2, 0.25) is 0 Å². The molecule has 0 heterocycles. The molecule has 0 aliphatic heterocycles. The zero-order chi connectivity index (χ0) is 10.8. The third kappa shape index (κ3) is 1.86. The third-order valence-corrected chi connectivity index (χ3v) is 3.32. The van der Waals surface area contributed by atoms with Crippen molar-refractivity contribution in [3.05, 3.63) is 29.3 Å². The second kappa shape index (κ2) is 4.23. The summed E-state index contributed by atoms with van der Waals surface area (Å²) in [4.78, 5) is 0. The van der Waals surface area contributed by atoms with Crippen molar-refractivity contribution in [1.29, 1.82) is 0 Å². The Kier molecular flexibility index (Phi) is 2.96. The van der Waals surface area contributed by atoms with Gasteiger partial charge in [0, 0.05) is 6.04 Å². The Morgan fingerprint density at radius 3 is 2.93 bits per heavy atom. The molecule has 82 valence electrons. The summed E-state index contributed by atoms with van der Waals surface area (Å²) in [7, 11) is 1.71. The maximum absolute atomic E-state index is 6.17. The zero-order valence-corrected chi connectivity index (χ0v) is 9.49. The molecule has 2 N–H and O–H groups in total. The molecule has 15 heavy (non-hydrogen) atoms. The van der Waals surface area contributed by atoms with E-state index in [1.54, 1.807) is 7.11 Å². The largest absolute Gasteiger partial charge is 0.497 e. The minimum Gasteiger partial charge on any atom is -0.497 e. The molecule has 0 spiro atoms. The van der Waals surface area contributed by atoms with Gasteiger partial charge in [0.05, 0.1) is 7.11 Å². The Labute approximate surface area is 91.4 Å². The highest BCUT2D eigenvalue weighted by Crippen LogP contribution is 2.37. The first-order valence-electron chi connectivity index (χ1n) is 5.68. The van der Waals surface area contributed by atoms with Crippen molar-refractivity contribution in [1.82, 2.24) is 0 Å². The predicted octanol–water partition coefficient (Wildman–Crippen LogP) is 2.46. The van der Waals surface area contributed by atoms with Crippen molar-refractivity contribution in [2.75, 3.05) is 7.11 Å². The monoisotopic (exact) mass is 205 g/mol. The molecule has 1 aromatic carbocycles. The van der Waals surface area contributed by atoms with Crippen LogP contribution in [0.4, 0.5) is 0 Å². The quantitative estimate of drug-likeness (QED) is 0.822. The van der Waals surface area contributed by atoms with Gasteiger partial charge < -0.3 is 10.5 Å². The number of ether oxygens (including phenoxy) is 1. The standard InChI is InChI=1S/C13H19NO/c1-3-4-12-11-6-5-10(15-2)7-9(11)8-13(12)14/h5-7,12-13H,3-4,8,14H2,1-2H3. The van der Waals surface area contributed by atoms with Crippen LogP contribution in [0.25, 0.3) is 0 Å². The molecule has 1 aromatic rings. The second-order valence-corrected chi connectivity index (χ2v) is 4.33. The fourth-order valence-electron chi connectivity index (χ4n) is 2.56. The van der Waals surface area contributed by atoms with Crippen molar-refractivity contribution in [2.45, 2.75) is 38.1 Å². The summed E-state index contributed by atoms with van der Waals surface area (Å²) in [6, 6.07) is 6.65. The van der Waals surface area contributed by atoms with E-state index in [-0.39, 0.29) is 0 Å². The second-order valence-electron chi connectivity index (χ2n) is 4.33. The Morgan fingerprint density at radius 2 is 2.27 bits per heavy atom. The maximum Gasteiger partial charge on any atom is 0.119 e. The summed E-state index contributed by atoms with van der Waals surface area (Å²) in [5, 5.41) is 0. The van der Waals surface area contributed by atoms with E-state index in [4.69, 9.17) is 10.5 Å². The molecule has 0 fully saturated rings. The summed E-state index contributed by atoms with van der Waals surface area (Å²) < 4.78 is 5.23. The SMILES string of the molecule is CCCC1c2ccc(OC)cc2CC1N. The van der Waals surface area contributed by atoms with Gasteiger partial charge in [0.25, 0.3) is 0 Å². The first kappa shape index (κ1) is 10.5. The average Bonchev–Trinajstić information content (AvgIpc) is 2.55. The van der Waals surface area contributed by atoms with Gasteiger partial charge in [0.1, 0.15) is 5.75 Å². The Bertz CT molecular complexity index is 348. The van der Waals surface area contributed by atoms with Crippen LogP contribution in [0.5, 0.6) is 5.75 Å². The fourth-order valence-corrected chi connectivity index (χ4v) is 2.56. The predicted molar refractivity (Wildman–Crippen MR) is 62.3 cm³/mol. The number of benzene rings is 1. The summed E-state index contributed by atoms with van der Waals surface area (Å²) in [5.41, 5.74) is 8.98. The fraction of sp³-hybridized carbons (Fsp3) is 0.538. The normalized spacial score (nSPS) is 23.9. The zero-order valence-electron chi connectivity index (χ0n) is 9.49. The van der Waals surface area contributed by atoms with Crippen LogP contribution in [-0.2, 0) is 6.42 Å². The average molecular weight is 205 g/mol.